The number of aliphatic imine (C=N–C) groups is 1. The van der Waals surface area contributed by atoms with Gasteiger partial charge in [0.2, 0.25) is 0 Å². The first-order chi connectivity index (χ1) is 11.6. The molecular weight excluding hydrogens is 431 g/mol. The fraction of sp³-hybridized carbons (Fsp3) is 0.944. The van der Waals surface area contributed by atoms with Crippen molar-refractivity contribution in [3.63, 3.8) is 0 Å². The summed E-state index contributed by atoms with van der Waals surface area (Å²) in [4.78, 5) is 7.04. The van der Waals surface area contributed by atoms with Gasteiger partial charge in [0.25, 0.3) is 0 Å². The number of ether oxygens (including phenoxy) is 1. The lowest BCUT2D eigenvalue weighted by Crippen LogP contribution is -2.39. The highest BCUT2D eigenvalue weighted by Crippen LogP contribution is 2.09. The highest BCUT2D eigenvalue weighted by atomic mass is 127. The summed E-state index contributed by atoms with van der Waals surface area (Å²) >= 11 is 0. The molecule has 25 heavy (non-hydrogen) atoms. The van der Waals surface area contributed by atoms with Gasteiger partial charge in [-0.1, -0.05) is 13.8 Å². The Morgan fingerprint density at radius 1 is 1.24 bits per heavy atom. The SMILES string of the molecule is CCNC(=NCCCN1CCC(O)CC1)NCCOCCC(C)C.I. The van der Waals surface area contributed by atoms with Crippen LogP contribution in [0.5, 0.6) is 0 Å². The van der Waals surface area contributed by atoms with Crippen LogP contribution in [0.3, 0.4) is 0 Å². The maximum atomic E-state index is 9.52. The molecule has 0 spiro atoms. The summed E-state index contributed by atoms with van der Waals surface area (Å²) in [6.07, 6.45) is 3.89. The van der Waals surface area contributed by atoms with E-state index in [9.17, 15) is 5.11 Å². The number of guanidine groups is 1. The number of likely N-dealkylation sites (tertiary alicyclic amines) is 1. The molecule has 7 heteroatoms. The van der Waals surface area contributed by atoms with Crippen LogP contribution in [0.1, 0.15) is 46.5 Å². The third-order valence-corrected chi connectivity index (χ3v) is 4.18. The van der Waals surface area contributed by atoms with E-state index in [0.29, 0.717) is 12.5 Å². The molecule has 0 aromatic heterocycles. The largest absolute Gasteiger partial charge is 0.393 e. The lowest BCUT2D eigenvalue weighted by atomic mass is 10.1. The average Bonchev–Trinajstić information content (AvgIpc) is 2.56. The molecule has 1 fully saturated rings. The fourth-order valence-electron chi connectivity index (χ4n) is 2.63. The molecule has 0 saturated carbocycles. The number of nitrogens with zero attached hydrogens (tertiary/aromatic N) is 2. The van der Waals surface area contributed by atoms with E-state index in [-0.39, 0.29) is 30.1 Å². The molecule has 0 bridgehead atoms. The van der Waals surface area contributed by atoms with Gasteiger partial charge in [-0.15, -0.1) is 24.0 Å². The number of piperidine rings is 1. The highest BCUT2D eigenvalue weighted by Gasteiger charge is 2.15. The van der Waals surface area contributed by atoms with E-state index in [1.54, 1.807) is 0 Å². The summed E-state index contributed by atoms with van der Waals surface area (Å²) in [5.41, 5.74) is 0. The molecule has 0 atom stereocenters. The number of halogens is 1. The Morgan fingerprint density at radius 2 is 1.96 bits per heavy atom. The van der Waals surface area contributed by atoms with Gasteiger partial charge in [0, 0.05) is 39.3 Å². The van der Waals surface area contributed by atoms with Crippen LogP contribution in [0.2, 0.25) is 0 Å². The number of aliphatic hydroxyl groups excluding tert-OH is 1. The lowest BCUT2D eigenvalue weighted by Gasteiger charge is -2.29. The third kappa shape index (κ3) is 13.7. The molecule has 1 aliphatic heterocycles. The van der Waals surface area contributed by atoms with Crippen LogP contribution in [-0.2, 0) is 4.74 Å². The van der Waals surface area contributed by atoms with Crippen molar-refractivity contribution >= 4 is 29.9 Å². The van der Waals surface area contributed by atoms with Gasteiger partial charge in [-0.05, 0) is 45.1 Å². The predicted molar refractivity (Wildman–Crippen MR) is 116 cm³/mol. The van der Waals surface area contributed by atoms with Crippen LogP contribution in [0, 0.1) is 5.92 Å². The molecule has 6 nitrogen and oxygen atoms in total. The van der Waals surface area contributed by atoms with Crippen molar-refractivity contribution in [1.29, 1.82) is 0 Å². The van der Waals surface area contributed by atoms with Crippen LogP contribution in [-0.4, -0.2) is 74.6 Å². The smallest absolute Gasteiger partial charge is 0.191 e. The Labute approximate surface area is 171 Å². The molecule has 1 saturated heterocycles. The van der Waals surface area contributed by atoms with Gasteiger partial charge in [0.1, 0.15) is 0 Å². The molecule has 1 aliphatic rings. The van der Waals surface area contributed by atoms with Gasteiger partial charge < -0.3 is 25.4 Å². The predicted octanol–water partition coefficient (Wildman–Crippen LogP) is 2.07. The van der Waals surface area contributed by atoms with Crippen molar-refractivity contribution in [1.82, 2.24) is 15.5 Å². The second-order valence-corrected chi connectivity index (χ2v) is 6.91. The normalized spacial score (nSPS) is 16.8. The van der Waals surface area contributed by atoms with Crippen LogP contribution in [0.15, 0.2) is 4.99 Å². The molecule has 0 aromatic carbocycles. The molecule has 0 aromatic rings. The number of nitrogens with one attached hydrogen (secondary N) is 2. The number of aliphatic hydroxyl groups is 1. The summed E-state index contributed by atoms with van der Waals surface area (Å²) in [5, 5.41) is 16.1. The van der Waals surface area contributed by atoms with E-state index in [1.165, 1.54) is 0 Å². The topological polar surface area (TPSA) is 69.1 Å². The van der Waals surface area contributed by atoms with Crippen LogP contribution < -0.4 is 10.6 Å². The Kier molecular flexibility index (Phi) is 16.0. The Morgan fingerprint density at radius 3 is 2.60 bits per heavy atom. The van der Waals surface area contributed by atoms with E-state index >= 15 is 0 Å². The summed E-state index contributed by atoms with van der Waals surface area (Å²) in [6.45, 7) is 13.6. The molecule has 3 N–H and O–H groups in total. The minimum atomic E-state index is -0.0911. The van der Waals surface area contributed by atoms with Gasteiger partial charge in [-0.2, -0.15) is 0 Å². The zero-order chi connectivity index (χ0) is 17.6. The maximum absolute atomic E-state index is 9.52. The van der Waals surface area contributed by atoms with Crippen LogP contribution in [0.25, 0.3) is 0 Å². The Bertz CT molecular complexity index is 335. The number of hydrogen-bond acceptors (Lipinski definition) is 4. The maximum Gasteiger partial charge on any atom is 0.191 e. The van der Waals surface area contributed by atoms with Gasteiger partial charge in [-0.3, -0.25) is 4.99 Å². The first-order valence-corrected chi connectivity index (χ1v) is 9.62. The molecule has 0 aliphatic carbocycles. The van der Waals surface area contributed by atoms with Crippen molar-refractivity contribution in [2.75, 3.05) is 52.5 Å². The Balaban J connectivity index is 0.00000576. The quantitative estimate of drug-likeness (QED) is 0.187. The van der Waals surface area contributed by atoms with Crippen molar-refractivity contribution in [2.24, 2.45) is 10.9 Å². The molecule has 0 radical (unpaired) electrons. The minimum Gasteiger partial charge on any atom is -0.393 e. The van der Waals surface area contributed by atoms with E-state index in [0.717, 1.165) is 77.5 Å². The molecule has 1 rings (SSSR count). The first-order valence-electron chi connectivity index (χ1n) is 9.62. The summed E-state index contributed by atoms with van der Waals surface area (Å²) < 4.78 is 5.61. The van der Waals surface area contributed by atoms with E-state index in [1.807, 2.05) is 0 Å². The van der Waals surface area contributed by atoms with Gasteiger partial charge in [0.05, 0.1) is 12.7 Å². The molecule has 0 amide bonds. The van der Waals surface area contributed by atoms with E-state index < -0.39 is 0 Å². The third-order valence-electron chi connectivity index (χ3n) is 4.18. The fourth-order valence-corrected chi connectivity index (χ4v) is 2.63. The summed E-state index contributed by atoms with van der Waals surface area (Å²) in [5.74, 6) is 1.57. The van der Waals surface area contributed by atoms with Gasteiger partial charge >= 0.3 is 0 Å². The second kappa shape index (κ2) is 16.1. The minimum absolute atomic E-state index is 0. The van der Waals surface area contributed by atoms with Crippen molar-refractivity contribution in [3.05, 3.63) is 0 Å². The number of rotatable bonds is 11. The molecule has 150 valence electrons. The molecular formula is C18H39IN4O2. The van der Waals surface area contributed by atoms with Gasteiger partial charge in [0.15, 0.2) is 5.96 Å². The van der Waals surface area contributed by atoms with Crippen molar-refractivity contribution in [3.8, 4) is 0 Å². The highest BCUT2D eigenvalue weighted by molar-refractivity contribution is 14.0. The zero-order valence-corrected chi connectivity index (χ0v) is 18.6. The molecule has 0 unspecified atom stereocenters. The van der Waals surface area contributed by atoms with Crippen LogP contribution >= 0.6 is 24.0 Å². The molecule has 1 heterocycles. The summed E-state index contributed by atoms with van der Waals surface area (Å²) in [6, 6.07) is 0. The Hall–Kier alpha value is -0.120. The number of hydrogen-bond donors (Lipinski definition) is 3. The van der Waals surface area contributed by atoms with Crippen molar-refractivity contribution < 1.29 is 9.84 Å². The summed E-state index contributed by atoms with van der Waals surface area (Å²) in [7, 11) is 0. The standard InChI is InChI=1S/C18H38N4O2.HI/c1-4-19-18(21-10-15-24-14-8-16(2)3)20-9-5-11-22-12-6-17(23)7-13-22;/h16-17,23H,4-15H2,1-3H3,(H2,19,20,21);1H. The zero-order valence-electron chi connectivity index (χ0n) is 16.3. The monoisotopic (exact) mass is 470 g/mol. The average molecular weight is 470 g/mol. The van der Waals surface area contributed by atoms with Gasteiger partial charge in [-0.25, -0.2) is 0 Å². The second-order valence-electron chi connectivity index (χ2n) is 6.91. The van der Waals surface area contributed by atoms with E-state index in [4.69, 9.17) is 4.74 Å². The van der Waals surface area contributed by atoms with Crippen LogP contribution in [0.4, 0.5) is 0 Å². The van der Waals surface area contributed by atoms with Crippen molar-refractivity contribution in [2.45, 2.75) is 52.6 Å². The first kappa shape index (κ1) is 24.9. The lowest BCUT2D eigenvalue weighted by molar-refractivity contribution is 0.0824. The van der Waals surface area contributed by atoms with E-state index in [2.05, 4.69) is 41.3 Å².